The van der Waals surface area contributed by atoms with Crippen LogP contribution in [0.3, 0.4) is 0 Å². The van der Waals surface area contributed by atoms with Crippen LogP contribution in [-0.4, -0.2) is 17.1 Å². The fraction of sp³-hybridized carbons (Fsp3) is 0.111. The number of benzene rings is 2. The number of aromatic nitrogens is 2. The van der Waals surface area contributed by atoms with E-state index in [-0.39, 0.29) is 0 Å². The molecule has 7 heteroatoms. The summed E-state index contributed by atoms with van der Waals surface area (Å²) in [6.45, 7) is 2.00. The van der Waals surface area contributed by atoms with Crippen molar-refractivity contribution < 1.29 is 4.74 Å². The van der Waals surface area contributed by atoms with Crippen LogP contribution in [0.25, 0.3) is 0 Å². The Labute approximate surface area is 156 Å². The van der Waals surface area contributed by atoms with Crippen molar-refractivity contribution in [1.29, 1.82) is 0 Å². The van der Waals surface area contributed by atoms with Crippen LogP contribution >= 0.6 is 23.2 Å². The van der Waals surface area contributed by atoms with E-state index in [1.807, 2.05) is 37.3 Å². The lowest BCUT2D eigenvalue weighted by Crippen LogP contribution is -2.02. The molecule has 0 aliphatic carbocycles. The van der Waals surface area contributed by atoms with Crippen molar-refractivity contribution >= 4 is 46.3 Å². The van der Waals surface area contributed by atoms with E-state index in [9.17, 15) is 0 Å². The predicted octanol–water partition coefficient (Wildman–Crippen LogP) is 5.59. The molecule has 1 heterocycles. The van der Waals surface area contributed by atoms with Gasteiger partial charge in [-0.2, -0.15) is 4.98 Å². The van der Waals surface area contributed by atoms with E-state index in [2.05, 4.69) is 20.6 Å². The molecule has 0 bridgehead atoms. The van der Waals surface area contributed by atoms with E-state index in [4.69, 9.17) is 27.9 Å². The van der Waals surface area contributed by atoms with Crippen molar-refractivity contribution in [3.8, 4) is 5.75 Å². The highest BCUT2D eigenvalue weighted by molar-refractivity contribution is 6.43. The Hall–Kier alpha value is -2.50. The number of nitrogens with zero attached hydrogens (tertiary/aromatic N) is 2. The van der Waals surface area contributed by atoms with Crippen molar-refractivity contribution in [2.45, 2.75) is 6.92 Å². The minimum Gasteiger partial charge on any atom is -0.495 e. The minimum atomic E-state index is 0.437. The number of methoxy groups -OCH3 is 1. The van der Waals surface area contributed by atoms with Gasteiger partial charge in [0.1, 0.15) is 11.6 Å². The maximum absolute atomic E-state index is 6.20. The summed E-state index contributed by atoms with van der Waals surface area (Å²) in [5.41, 5.74) is 2.57. The second kappa shape index (κ2) is 7.59. The molecule has 0 amide bonds. The van der Waals surface area contributed by atoms with Gasteiger partial charge in [-0.3, -0.25) is 0 Å². The third-order valence-corrected chi connectivity index (χ3v) is 4.29. The third kappa shape index (κ3) is 4.13. The molecule has 0 spiro atoms. The first-order valence-corrected chi connectivity index (χ1v) is 8.28. The molecular formula is C18H16Cl2N4O. The zero-order valence-corrected chi connectivity index (χ0v) is 15.2. The summed E-state index contributed by atoms with van der Waals surface area (Å²) in [7, 11) is 1.62. The fourth-order valence-electron chi connectivity index (χ4n) is 2.27. The number of rotatable bonds is 5. The second-order valence-electron chi connectivity index (χ2n) is 5.32. The molecule has 0 unspecified atom stereocenters. The summed E-state index contributed by atoms with van der Waals surface area (Å²) in [4.78, 5) is 8.69. The van der Waals surface area contributed by atoms with Crippen LogP contribution in [0.15, 0.2) is 48.7 Å². The molecule has 0 fully saturated rings. The van der Waals surface area contributed by atoms with Gasteiger partial charge < -0.3 is 15.4 Å². The topological polar surface area (TPSA) is 59.1 Å². The quantitative estimate of drug-likeness (QED) is 0.609. The maximum atomic E-state index is 6.20. The molecule has 0 aliphatic heterocycles. The molecule has 0 saturated heterocycles. The van der Waals surface area contributed by atoms with Crippen LogP contribution in [0.1, 0.15) is 5.56 Å². The molecule has 1 aromatic heterocycles. The Morgan fingerprint density at radius 2 is 1.84 bits per heavy atom. The van der Waals surface area contributed by atoms with Crippen molar-refractivity contribution in [3.05, 3.63) is 64.3 Å². The van der Waals surface area contributed by atoms with E-state index in [0.29, 0.717) is 33.2 Å². The van der Waals surface area contributed by atoms with Crippen molar-refractivity contribution in [2.24, 2.45) is 0 Å². The lowest BCUT2D eigenvalue weighted by molar-refractivity contribution is 0.416. The molecule has 0 radical (unpaired) electrons. The number of ether oxygens (including phenoxy) is 1. The first kappa shape index (κ1) is 17.3. The maximum Gasteiger partial charge on any atom is 0.229 e. The Morgan fingerprint density at radius 1 is 1.00 bits per heavy atom. The molecule has 2 N–H and O–H groups in total. The molecule has 0 aliphatic rings. The molecule has 0 atom stereocenters. The van der Waals surface area contributed by atoms with E-state index >= 15 is 0 Å². The van der Waals surface area contributed by atoms with Crippen LogP contribution in [0.2, 0.25) is 10.0 Å². The molecule has 128 valence electrons. The summed E-state index contributed by atoms with van der Waals surface area (Å²) in [5, 5.41) is 7.23. The lowest BCUT2D eigenvalue weighted by Gasteiger charge is -2.12. The number of aryl methyl sites for hydroxylation is 1. The standard InChI is InChI=1S/C18H16Cl2N4O/c1-11-6-7-15(25-2)14(10-11)23-18-21-9-8-16(24-18)22-13-5-3-4-12(19)17(13)20/h3-10H,1-2H3,(H2,21,22,23,24). The van der Waals surface area contributed by atoms with Gasteiger partial charge in [0, 0.05) is 6.20 Å². The Morgan fingerprint density at radius 3 is 2.64 bits per heavy atom. The fourth-order valence-corrected chi connectivity index (χ4v) is 2.61. The van der Waals surface area contributed by atoms with Gasteiger partial charge >= 0.3 is 0 Å². The molecule has 2 aromatic carbocycles. The lowest BCUT2D eigenvalue weighted by atomic mass is 10.2. The normalized spacial score (nSPS) is 10.4. The highest BCUT2D eigenvalue weighted by Crippen LogP contribution is 2.32. The largest absolute Gasteiger partial charge is 0.495 e. The van der Waals surface area contributed by atoms with E-state index < -0.39 is 0 Å². The van der Waals surface area contributed by atoms with Gasteiger partial charge in [-0.25, -0.2) is 4.98 Å². The van der Waals surface area contributed by atoms with Gasteiger partial charge in [0.2, 0.25) is 5.95 Å². The summed E-state index contributed by atoms with van der Waals surface area (Å²) in [5.74, 6) is 1.74. The van der Waals surface area contributed by atoms with Crippen molar-refractivity contribution in [1.82, 2.24) is 9.97 Å². The van der Waals surface area contributed by atoms with Crippen LogP contribution in [-0.2, 0) is 0 Å². The summed E-state index contributed by atoms with van der Waals surface area (Å²) in [6, 6.07) is 13.0. The van der Waals surface area contributed by atoms with Crippen LogP contribution in [0, 0.1) is 6.92 Å². The van der Waals surface area contributed by atoms with Crippen LogP contribution in [0.5, 0.6) is 5.75 Å². The average Bonchev–Trinajstić information content (AvgIpc) is 2.60. The first-order valence-electron chi connectivity index (χ1n) is 7.52. The first-order chi connectivity index (χ1) is 12.1. The molecule has 0 saturated carbocycles. The summed E-state index contributed by atoms with van der Waals surface area (Å²) >= 11 is 12.2. The van der Waals surface area contributed by atoms with Crippen LogP contribution < -0.4 is 15.4 Å². The van der Waals surface area contributed by atoms with Crippen molar-refractivity contribution in [3.63, 3.8) is 0 Å². The number of hydrogen-bond acceptors (Lipinski definition) is 5. The van der Waals surface area contributed by atoms with Gasteiger partial charge in [0.25, 0.3) is 0 Å². The van der Waals surface area contributed by atoms with E-state index in [0.717, 1.165) is 11.3 Å². The smallest absolute Gasteiger partial charge is 0.229 e. The van der Waals surface area contributed by atoms with Gasteiger partial charge in [-0.05, 0) is 42.8 Å². The molecule has 5 nitrogen and oxygen atoms in total. The highest BCUT2D eigenvalue weighted by atomic mass is 35.5. The van der Waals surface area contributed by atoms with Crippen LogP contribution in [0.4, 0.5) is 23.1 Å². The molecule has 25 heavy (non-hydrogen) atoms. The molecule has 3 aromatic rings. The zero-order valence-electron chi connectivity index (χ0n) is 13.7. The molecule has 3 rings (SSSR count). The predicted molar refractivity (Wildman–Crippen MR) is 103 cm³/mol. The summed E-state index contributed by atoms with van der Waals surface area (Å²) in [6.07, 6.45) is 1.65. The summed E-state index contributed by atoms with van der Waals surface area (Å²) < 4.78 is 5.36. The SMILES string of the molecule is COc1ccc(C)cc1Nc1nccc(Nc2cccc(Cl)c2Cl)n1. The van der Waals surface area contributed by atoms with Gasteiger partial charge in [0.15, 0.2) is 0 Å². The Balaban J connectivity index is 1.85. The average molecular weight is 375 g/mol. The van der Waals surface area contributed by atoms with Gasteiger partial charge in [0.05, 0.1) is 28.5 Å². The number of hydrogen-bond donors (Lipinski definition) is 2. The number of halogens is 2. The molecular weight excluding hydrogens is 359 g/mol. The highest BCUT2D eigenvalue weighted by Gasteiger charge is 2.08. The monoisotopic (exact) mass is 374 g/mol. The Kier molecular flexibility index (Phi) is 5.26. The minimum absolute atomic E-state index is 0.437. The van der Waals surface area contributed by atoms with E-state index in [1.54, 1.807) is 25.4 Å². The number of nitrogens with one attached hydrogen (secondary N) is 2. The Bertz CT molecular complexity index is 902. The van der Waals surface area contributed by atoms with Crippen molar-refractivity contribution in [2.75, 3.05) is 17.7 Å². The third-order valence-electron chi connectivity index (χ3n) is 3.47. The second-order valence-corrected chi connectivity index (χ2v) is 6.11. The number of anilines is 4. The van der Waals surface area contributed by atoms with Gasteiger partial charge in [-0.1, -0.05) is 35.3 Å². The van der Waals surface area contributed by atoms with E-state index in [1.165, 1.54) is 0 Å². The van der Waals surface area contributed by atoms with Gasteiger partial charge in [-0.15, -0.1) is 0 Å². The zero-order chi connectivity index (χ0) is 17.8.